The minimum absolute atomic E-state index is 0.209. The first-order valence-corrected chi connectivity index (χ1v) is 10.2. The average molecular weight is 402 g/mol. The largest absolute Gasteiger partial charge is 0.392 e. The maximum atomic E-state index is 13.6. The Morgan fingerprint density at radius 1 is 1.07 bits per heavy atom. The van der Waals surface area contributed by atoms with Crippen LogP contribution in [0.5, 0.6) is 0 Å². The SMILES string of the molecule is OC1CCCN(Cc2ccc(-c3cnc4[nH]cc(-c5cncc(F)c5)c4c3)cc2)C1. The summed E-state index contributed by atoms with van der Waals surface area (Å²) >= 11 is 0. The number of aliphatic hydroxyl groups is 1. The highest BCUT2D eigenvalue weighted by molar-refractivity contribution is 5.95. The summed E-state index contributed by atoms with van der Waals surface area (Å²) in [5, 5.41) is 10.8. The maximum absolute atomic E-state index is 13.6. The zero-order valence-corrected chi connectivity index (χ0v) is 16.6. The number of benzene rings is 1. The fourth-order valence-electron chi connectivity index (χ4n) is 4.19. The van der Waals surface area contributed by atoms with Gasteiger partial charge in [0, 0.05) is 53.8 Å². The molecule has 1 aliphatic rings. The Morgan fingerprint density at radius 2 is 1.93 bits per heavy atom. The fourth-order valence-corrected chi connectivity index (χ4v) is 4.19. The third-order valence-corrected chi connectivity index (χ3v) is 5.72. The van der Waals surface area contributed by atoms with Crippen LogP contribution in [0.3, 0.4) is 0 Å². The normalized spacial score (nSPS) is 17.5. The van der Waals surface area contributed by atoms with E-state index in [0.29, 0.717) is 0 Å². The van der Waals surface area contributed by atoms with E-state index in [4.69, 9.17) is 0 Å². The lowest BCUT2D eigenvalue weighted by molar-refractivity contribution is 0.0668. The number of aromatic nitrogens is 3. The molecular weight excluding hydrogens is 379 g/mol. The van der Waals surface area contributed by atoms with Gasteiger partial charge in [0.25, 0.3) is 0 Å². The first-order chi connectivity index (χ1) is 14.7. The fraction of sp³-hybridized carbons (Fsp3) is 0.250. The molecule has 30 heavy (non-hydrogen) atoms. The van der Waals surface area contributed by atoms with Gasteiger partial charge in [-0.3, -0.25) is 9.88 Å². The van der Waals surface area contributed by atoms with Gasteiger partial charge in [-0.25, -0.2) is 9.37 Å². The van der Waals surface area contributed by atoms with E-state index in [-0.39, 0.29) is 11.9 Å². The monoisotopic (exact) mass is 402 g/mol. The summed E-state index contributed by atoms with van der Waals surface area (Å²) in [5.41, 5.74) is 5.68. The molecule has 0 aliphatic carbocycles. The van der Waals surface area contributed by atoms with E-state index in [0.717, 1.165) is 65.8 Å². The van der Waals surface area contributed by atoms with Gasteiger partial charge in [-0.1, -0.05) is 24.3 Å². The number of fused-ring (bicyclic) bond motifs is 1. The Morgan fingerprint density at radius 3 is 2.73 bits per heavy atom. The van der Waals surface area contributed by atoms with Crippen molar-refractivity contribution >= 4 is 11.0 Å². The molecular formula is C24H23FN4O. The van der Waals surface area contributed by atoms with E-state index < -0.39 is 0 Å². The molecule has 0 spiro atoms. The van der Waals surface area contributed by atoms with Crippen LogP contribution in [0.25, 0.3) is 33.3 Å². The molecule has 152 valence electrons. The number of halogens is 1. The van der Waals surface area contributed by atoms with E-state index in [1.54, 1.807) is 6.20 Å². The number of β-amino-alcohol motifs (C(OH)–C–C–N with tert-alkyl or cyclic N) is 1. The molecule has 1 aliphatic heterocycles. The summed E-state index contributed by atoms with van der Waals surface area (Å²) in [6, 6.07) is 12.0. The van der Waals surface area contributed by atoms with Gasteiger partial charge in [-0.15, -0.1) is 0 Å². The van der Waals surface area contributed by atoms with Crippen LogP contribution in [-0.4, -0.2) is 44.2 Å². The molecule has 2 N–H and O–H groups in total. The number of hydrogen-bond donors (Lipinski definition) is 2. The van der Waals surface area contributed by atoms with Crippen LogP contribution in [0.4, 0.5) is 4.39 Å². The van der Waals surface area contributed by atoms with Crippen LogP contribution < -0.4 is 0 Å². The van der Waals surface area contributed by atoms with Crippen molar-refractivity contribution in [2.75, 3.05) is 13.1 Å². The van der Waals surface area contributed by atoms with Crippen molar-refractivity contribution in [3.05, 3.63) is 72.6 Å². The third-order valence-electron chi connectivity index (χ3n) is 5.72. The van der Waals surface area contributed by atoms with Crippen LogP contribution in [0, 0.1) is 5.82 Å². The van der Waals surface area contributed by atoms with Crippen LogP contribution in [0.1, 0.15) is 18.4 Å². The number of nitrogens with one attached hydrogen (secondary N) is 1. The zero-order valence-electron chi connectivity index (χ0n) is 16.6. The predicted octanol–water partition coefficient (Wildman–Crippen LogP) is 4.39. The molecule has 0 bridgehead atoms. The number of aromatic amines is 1. The molecule has 1 unspecified atom stereocenters. The number of likely N-dealkylation sites (tertiary alicyclic amines) is 1. The standard InChI is InChI=1S/C24H23FN4O/c25-20-8-19(10-26-12-20)23-13-28-24-22(23)9-18(11-27-24)17-5-3-16(4-6-17)14-29-7-1-2-21(30)15-29/h3-6,8-13,21,30H,1-2,7,14-15H2,(H,27,28). The van der Waals surface area contributed by atoms with Crippen LogP contribution in [-0.2, 0) is 6.54 Å². The van der Waals surface area contributed by atoms with Crippen molar-refractivity contribution in [3.63, 3.8) is 0 Å². The third kappa shape index (κ3) is 3.84. The molecule has 5 rings (SSSR count). The van der Waals surface area contributed by atoms with Gasteiger partial charge in [-0.05, 0) is 42.6 Å². The van der Waals surface area contributed by atoms with Crippen molar-refractivity contribution < 1.29 is 9.50 Å². The topological polar surface area (TPSA) is 65.0 Å². The van der Waals surface area contributed by atoms with Gasteiger partial charge < -0.3 is 10.1 Å². The Kier molecular flexibility index (Phi) is 5.02. The summed E-state index contributed by atoms with van der Waals surface area (Å²) in [6.45, 7) is 2.63. The minimum Gasteiger partial charge on any atom is -0.392 e. The second-order valence-electron chi connectivity index (χ2n) is 7.94. The number of piperidine rings is 1. The minimum atomic E-state index is -0.359. The smallest absolute Gasteiger partial charge is 0.142 e. The number of aliphatic hydroxyl groups excluding tert-OH is 1. The highest BCUT2D eigenvalue weighted by Crippen LogP contribution is 2.31. The quantitative estimate of drug-likeness (QED) is 0.531. The first kappa shape index (κ1) is 18.9. The summed E-state index contributed by atoms with van der Waals surface area (Å²) in [7, 11) is 0. The molecule has 6 heteroatoms. The molecule has 4 heterocycles. The summed E-state index contributed by atoms with van der Waals surface area (Å²) in [6.07, 6.45) is 8.29. The Hall–Kier alpha value is -3.09. The van der Waals surface area contributed by atoms with Gasteiger partial charge in [0.15, 0.2) is 0 Å². The Bertz CT molecular complexity index is 1170. The van der Waals surface area contributed by atoms with Crippen molar-refractivity contribution in [1.82, 2.24) is 19.9 Å². The maximum Gasteiger partial charge on any atom is 0.142 e. The number of hydrogen-bond acceptors (Lipinski definition) is 4. The highest BCUT2D eigenvalue weighted by Gasteiger charge is 2.17. The van der Waals surface area contributed by atoms with Crippen molar-refractivity contribution in [3.8, 4) is 22.3 Å². The van der Waals surface area contributed by atoms with E-state index in [1.165, 1.54) is 17.8 Å². The molecule has 1 atom stereocenters. The Balaban J connectivity index is 1.41. The summed E-state index contributed by atoms with van der Waals surface area (Å²) in [4.78, 5) is 14.0. The number of rotatable bonds is 4. The number of H-pyrrole nitrogens is 1. The second-order valence-corrected chi connectivity index (χ2v) is 7.94. The van der Waals surface area contributed by atoms with Crippen molar-refractivity contribution in [2.45, 2.75) is 25.5 Å². The summed E-state index contributed by atoms with van der Waals surface area (Å²) in [5.74, 6) is -0.359. The molecule has 1 saturated heterocycles. The average Bonchev–Trinajstić information content (AvgIpc) is 3.18. The zero-order chi connectivity index (χ0) is 20.5. The second kappa shape index (κ2) is 7.97. The highest BCUT2D eigenvalue weighted by atomic mass is 19.1. The molecule has 1 aromatic carbocycles. The van der Waals surface area contributed by atoms with E-state index in [2.05, 4.69) is 50.2 Å². The first-order valence-electron chi connectivity index (χ1n) is 10.2. The van der Waals surface area contributed by atoms with Crippen LogP contribution >= 0.6 is 0 Å². The molecule has 3 aromatic heterocycles. The number of pyridine rings is 2. The van der Waals surface area contributed by atoms with Crippen molar-refractivity contribution in [2.24, 2.45) is 0 Å². The molecule has 4 aromatic rings. The van der Waals surface area contributed by atoms with Crippen LogP contribution in [0.2, 0.25) is 0 Å². The molecule has 1 fully saturated rings. The summed E-state index contributed by atoms with van der Waals surface area (Å²) < 4.78 is 13.6. The lowest BCUT2D eigenvalue weighted by Gasteiger charge is -2.29. The van der Waals surface area contributed by atoms with Gasteiger partial charge in [0.2, 0.25) is 0 Å². The van der Waals surface area contributed by atoms with E-state index in [9.17, 15) is 9.50 Å². The van der Waals surface area contributed by atoms with Gasteiger partial charge in [-0.2, -0.15) is 0 Å². The van der Waals surface area contributed by atoms with Gasteiger partial charge in [0.1, 0.15) is 11.5 Å². The number of nitrogens with zero attached hydrogens (tertiary/aromatic N) is 3. The van der Waals surface area contributed by atoms with Gasteiger partial charge >= 0.3 is 0 Å². The van der Waals surface area contributed by atoms with Crippen LogP contribution in [0.15, 0.2) is 61.2 Å². The lowest BCUT2D eigenvalue weighted by Crippen LogP contribution is -2.37. The molecule has 0 amide bonds. The predicted molar refractivity (Wildman–Crippen MR) is 115 cm³/mol. The molecule has 0 saturated carbocycles. The molecule has 5 nitrogen and oxygen atoms in total. The molecule has 0 radical (unpaired) electrons. The van der Waals surface area contributed by atoms with Crippen molar-refractivity contribution in [1.29, 1.82) is 0 Å². The van der Waals surface area contributed by atoms with E-state index >= 15 is 0 Å². The Labute approximate surface area is 174 Å². The van der Waals surface area contributed by atoms with E-state index in [1.807, 2.05) is 12.4 Å². The van der Waals surface area contributed by atoms with Gasteiger partial charge in [0.05, 0.1) is 12.3 Å². The lowest BCUT2D eigenvalue weighted by atomic mass is 10.0.